The number of likely N-dealkylation sites (tertiary alicyclic amines) is 1. The van der Waals surface area contributed by atoms with E-state index in [-0.39, 0.29) is 17.6 Å². The first kappa shape index (κ1) is 17.2. The quantitative estimate of drug-likeness (QED) is 0.843. The van der Waals surface area contributed by atoms with Crippen molar-refractivity contribution in [1.29, 1.82) is 0 Å². The van der Waals surface area contributed by atoms with E-state index in [1.807, 2.05) is 43.0 Å². The van der Waals surface area contributed by atoms with Crippen molar-refractivity contribution in [3.8, 4) is 0 Å². The van der Waals surface area contributed by atoms with E-state index in [4.69, 9.17) is 13.9 Å². The van der Waals surface area contributed by atoms with Crippen molar-refractivity contribution in [2.45, 2.75) is 45.0 Å². The molecule has 6 nitrogen and oxygen atoms in total. The second kappa shape index (κ2) is 6.85. The third-order valence-corrected chi connectivity index (χ3v) is 5.16. The average molecular weight is 356 g/mol. The normalized spacial score (nSPS) is 21.6. The number of ether oxygens (including phenoxy) is 2. The number of carbonyl (C=O) groups is 1. The first-order chi connectivity index (χ1) is 12.5. The van der Waals surface area contributed by atoms with Crippen LogP contribution in [0, 0.1) is 13.8 Å². The summed E-state index contributed by atoms with van der Waals surface area (Å²) in [4.78, 5) is 18.8. The fourth-order valence-corrected chi connectivity index (χ4v) is 3.84. The molecular formula is C20H24N2O4. The molecule has 4 rings (SSSR count). The number of aryl methyl sites for hydroxylation is 2. The number of nitrogens with zero attached hydrogens (tertiary/aromatic N) is 2. The summed E-state index contributed by atoms with van der Waals surface area (Å²) < 4.78 is 17.5. The number of hydrogen-bond donors (Lipinski definition) is 0. The summed E-state index contributed by atoms with van der Waals surface area (Å²) in [6.45, 7) is 6.08. The molecule has 4 heterocycles. The Balaban J connectivity index is 1.32. The van der Waals surface area contributed by atoms with Gasteiger partial charge in [0.2, 0.25) is 0 Å². The van der Waals surface area contributed by atoms with E-state index in [1.165, 1.54) is 0 Å². The summed E-state index contributed by atoms with van der Waals surface area (Å²) in [5, 5.41) is 0. The first-order valence-corrected chi connectivity index (χ1v) is 9.06. The highest BCUT2D eigenvalue weighted by atomic mass is 16.5. The molecule has 0 bridgehead atoms. The molecule has 1 amide bonds. The topological polar surface area (TPSA) is 64.8 Å². The standard InChI is InChI=1S/C20H24N2O4/c1-14-9-18(15(2)26-14)19(23)22-12-20(13-22)10-17(6-8-25-20)24-11-16-5-3-4-7-21-16/h3-5,7,9,17H,6,8,10-13H2,1-2H3. The molecule has 0 N–H and O–H groups in total. The highest BCUT2D eigenvalue weighted by Crippen LogP contribution is 2.36. The van der Waals surface area contributed by atoms with Gasteiger partial charge in [0.05, 0.1) is 37.1 Å². The second-order valence-corrected chi connectivity index (χ2v) is 7.27. The van der Waals surface area contributed by atoms with Gasteiger partial charge in [-0.3, -0.25) is 9.78 Å². The molecule has 138 valence electrons. The number of carbonyl (C=O) groups excluding carboxylic acids is 1. The lowest BCUT2D eigenvalue weighted by molar-refractivity contribution is -0.188. The lowest BCUT2D eigenvalue weighted by Gasteiger charge is -2.52. The van der Waals surface area contributed by atoms with Crippen molar-refractivity contribution in [3.05, 3.63) is 53.2 Å². The van der Waals surface area contributed by atoms with Gasteiger partial charge >= 0.3 is 0 Å². The van der Waals surface area contributed by atoms with Crippen LogP contribution in [0.4, 0.5) is 0 Å². The van der Waals surface area contributed by atoms with Gasteiger partial charge in [0.25, 0.3) is 5.91 Å². The van der Waals surface area contributed by atoms with Crippen molar-refractivity contribution in [1.82, 2.24) is 9.88 Å². The van der Waals surface area contributed by atoms with Gasteiger partial charge in [-0.25, -0.2) is 0 Å². The molecule has 26 heavy (non-hydrogen) atoms. The molecule has 6 heteroatoms. The summed E-state index contributed by atoms with van der Waals surface area (Å²) >= 11 is 0. The van der Waals surface area contributed by atoms with Crippen LogP contribution in [-0.2, 0) is 16.1 Å². The van der Waals surface area contributed by atoms with E-state index in [0.29, 0.717) is 37.6 Å². The minimum absolute atomic E-state index is 0.0186. The molecule has 1 spiro atoms. The lowest BCUT2D eigenvalue weighted by atomic mass is 9.84. The van der Waals surface area contributed by atoms with E-state index in [1.54, 1.807) is 6.20 Å². The Morgan fingerprint density at radius 2 is 2.23 bits per heavy atom. The Bertz CT molecular complexity index is 780. The van der Waals surface area contributed by atoms with Gasteiger partial charge in [-0.1, -0.05) is 6.07 Å². The molecule has 1 unspecified atom stereocenters. The van der Waals surface area contributed by atoms with Gasteiger partial charge in [0.15, 0.2) is 0 Å². The van der Waals surface area contributed by atoms with Gasteiger partial charge < -0.3 is 18.8 Å². The monoisotopic (exact) mass is 356 g/mol. The molecule has 0 aliphatic carbocycles. The van der Waals surface area contributed by atoms with Crippen LogP contribution in [0.3, 0.4) is 0 Å². The second-order valence-electron chi connectivity index (χ2n) is 7.27. The Kier molecular flexibility index (Phi) is 4.54. The molecule has 2 saturated heterocycles. The van der Waals surface area contributed by atoms with Gasteiger partial charge in [0, 0.05) is 19.2 Å². The van der Waals surface area contributed by atoms with Crippen LogP contribution in [0.5, 0.6) is 0 Å². The third-order valence-electron chi connectivity index (χ3n) is 5.16. The van der Waals surface area contributed by atoms with Gasteiger partial charge in [-0.15, -0.1) is 0 Å². The molecule has 2 aliphatic rings. The number of pyridine rings is 1. The van der Waals surface area contributed by atoms with Crippen LogP contribution in [0.15, 0.2) is 34.9 Å². The van der Waals surface area contributed by atoms with Crippen molar-refractivity contribution in [3.63, 3.8) is 0 Å². The van der Waals surface area contributed by atoms with Gasteiger partial charge in [-0.05, 0) is 38.5 Å². The van der Waals surface area contributed by atoms with Crippen LogP contribution in [0.25, 0.3) is 0 Å². The fourth-order valence-electron chi connectivity index (χ4n) is 3.84. The van der Waals surface area contributed by atoms with Crippen molar-refractivity contribution in [2.75, 3.05) is 19.7 Å². The van der Waals surface area contributed by atoms with E-state index < -0.39 is 0 Å². The zero-order valence-electron chi connectivity index (χ0n) is 15.2. The van der Waals surface area contributed by atoms with E-state index in [0.717, 1.165) is 24.3 Å². The van der Waals surface area contributed by atoms with Crippen molar-refractivity contribution in [2.24, 2.45) is 0 Å². The third kappa shape index (κ3) is 3.39. The number of rotatable bonds is 4. The van der Waals surface area contributed by atoms with Crippen LogP contribution in [0.1, 0.15) is 40.4 Å². The van der Waals surface area contributed by atoms with Crippen LogP contribution in [-0.4, -0.2) is 47.2 Å². The van der Waals surface area contributed by atoms with Crippen molar-refractivity contribution < 1.29 is 18.7 Å². The molecule has 2 aromatic heterocycles. The first-order valence-electron chi connectivity index (χ1n) is 9.06. The minimum atomic E-state index is -0.268. The zero-order chi connectivity index (χ0) is 18.1. The van der Waals surface area contributed by atoms with Crippen LogP contribution < -0.4 is 0 Å². The van der Waals surface area contributed by atoms with Crippen LogP contribution in [0.2, 0.25) is 0 Å². The number of aromatic nitrogens is 1. The Morgan fingerprint density at radius 1 is 1.38 bits per heavy atom. The van der Waals surface area contributed by atoms with Crippen molar-refractivity contribution >= 4 is 5.91 Å². The van der Waals surface area contributed by atoms with Gasteiger partial charge in [0.1, 0.15) is 17.1 Å². The summed E-state index contributed by atoms with van der Waals surface area (Å²) in [5.74, 6) is 1.46. The molecule has 0 aromatic carbocycles. The SMILES string of the molecule is Cc1cc(C(=O)N2CC3(CC(OCc4ccccn4)CCO3)C2)c(C)o1. The average Bonchev–Trinajstić information content (AvgIpc) is 2.96. The summed E-state index contributed by atoms with van der Waals surface area (Å²) in [7, 11) is 0. The fraction of sp³-hybridized carbons (Fsp3) is 0.500. The molecule has 2 fully saturated rings. The Labute approximate surface area is 153 Å². The van der Waals surface area contributed by atoms with E-state index >= 15 is 0 Å². The van der Waals surface area contributed by atoms with E-state index in [9.17, 15) is 4.79 Å². The maximum Gasteiger partial charge on any atom is 0.257 e. The van der Waals surface area contributed by atoms with Crippen LogP contribution >= 0.6 is 0 Å². The zero-order valence-corrected chi connectivity index (χ0v) is 15.2. The predicted octanol–water partition coefficient (Wildman–Crippen LogP) is 2.88. The number of hydrogen-bond acceptors (Lipinski definition) is 5. The highest BCUT2D eigenvalue weighted by Gasteiger charge is 2.50. The Morgan fingerprint density at radius 3 is 2.92 bits per heavy atom. The maximum absolute atomic E-state index is 12.7. The summed E-state index contributed by atoms with van der Waals surface area (Å²) in [6.07, 6.45) is 3.61. The number of furan rings is 1. The predicted molar refractivity (Wildman–Crippen MR) is 94.8 cm³/mol. The maximum atomic E-state index is 12.7. The highest BCUT2D eigenvalue weighted by molar-refractivity contribution is 5.96. The molecule has 0 saturated carbocycles. The molecule has 0 radical (unpaired) electrons. The molecule has 2 aliphatic heterocycles. The summed E-state index contributed by atoms with van der Waals surface area (Å²) in [6, 6.07) is 7.64. The summed E-state index contributed by atoms with van der Waals surface area (Å²) in [5.41, 5.74) is 1.32. The smallest absolute Gasteiger partial charge is 0.257 e. The van der Waals surface area contributed by atoms with E-state index in [2.05, 4.69) is 4.98 Å². The molecule has 1 atom stereocenters. The number of amides is 1. The minimum Gasteiger partial charge on any atom is -0.466 e. The Hall–Kier alpha value is -2.18. The van der Waals surface area contributed by atoms with Gasteiger partial charge in [-0.2, -0.15) is 0 Å². The molecule has 2 aromatic rings. The lowest BCUT2D eigenvalue weighted by Crippen LogP contribution is -2.67. The largest absolute Gasteiger partial charge is 0.466 e. The molecular weight excluding hydrogens is 332 g/mol.